The number of aromatic nitrogens is 1. The summed E-state index contributed by atoms with van der Waals surface area (Å²) in [6, 6.07) is 9.95. The van der Waals surface area contributed by atoms with Crippen molar-refractivity contribution >= 4 is 22.9 Å². The highest BCUT2D eigenvalue weighted by Gasteiger charge is 2.21. The summed E-state index contributed by atoms with van der Waals surface area (Å²) in [6.07, 6.45) is 6.13. The smallest absolute Gasteiger partial charge is 0.246 e. The number of likely N-dealkylation sites (tertiary alicyclic amines) is 1. The molecular weight excluding hydrogens is 250 g/mol. The number of nitrogens with two attached hydrogens (primary N) is 1. The van der Waals surface area contributed by atoms with Crippen LogP contribution >= 0.6 is 0 Å². The zero-order chi connectivity index (χ0) is 13.9. The molecule has 0 saturated carbocycles. The summed E-state index contributed by atoms with van der Waals surface area (Å²) < 4.78 is 0. The van der Waals surface area contributed by atoms with Gasteiger partial charge in [0, 0.05) is 36.8 Å². The summed E-state index contributed by atoms with van der Waals surface area (Å²) in [5.74, 6) is 0.0267. The van der Waals surface area contributed by atoms with Gasteiger partial charge in [-0.15, -0.1) is 0 Å². The third-order valence-electron chi connectivity index (χ3n) is 3.62. The maximum absolute atomic E-state index is 12.1. The molecule has 0 radical (unpaired) electrons. The van der Waals surface area contributed by atoms with Gasteiger partial charge in [0.2, 0.25) is 5.91 Å². The van der Waals surface area contributed by atoms with E-state index in [1.807, 2.05) is 36.4 Å². The van der Waals surface area contributed by atoms with E-state index in [1.54, 1.807) is 17.2 Å². The van der Waals surface area contributed by atoms with Gasteiger partial charge in [-0.3, -0.25) is 9.78 Å². The first-order valence-electron chi connectivity index (χ1n) is 6.80. The first-order valence-corrected chi connectivity index (χ1v) is 6.80. The number of hydrogen-bond donors (Lipinski definition) is 1. The van der Waals surface area contributed by atoms with Crippen molar-refractivity contribution in [1.82, 2.24) is 9.88 Å². The second kappa shape index (κ2) is 5.43. The second-order valence-electron chi connectivity index (χ2n) is 5.08. The van der Waals surface area contributed by atoms with Crippen LogP contribution in [0.25, 0.3) is 17.0 Å². The summed E-state index contributed by atoms with van der Waals surface area (Å²) in [6.45, 7) is 1.40. The minimum absolute atomic E-state index is 0.0267. The lowest BCUT2D eigenvalue weighted by Crippen LogP contribution is -2.30. The molecule has 1 aliphatic heterocycles. The molecular formula is C16H17N3O. The molecule has 102 valence electrons. The highest BCUT2D eigenvalue weighted by Crippen LogP contribution is 2.17. The van der Waals surface area contributed by atoms with E-state index in [0.29, 0.717) is 6.54 Å². The van der Waals surface area contributed by atoms with Gasteiger partial charge in [0.25, 0.3) is 0 Å². The van der Waals surface area contributed by atoms with Crippen LogP contribution in [-0.2, 0) is 4.79 Å². The molecule has 3 rings (SSSR count). The zero-order valence-corrected chi connectivity index (χ0v) is 11.2. The van der Waals surface area contributed by atoms with Gasteiger partial charge in [-0.2, -0.15) is 0 Å². The molecule has 20 heavy (non-hydrogen) atoms. The fourth-order valence-electron chi connectivity index (χ4n) is 2.52. The first-order chi connectivity index (χ1) is 9.74. The van der Waals surface area contributed by atoms with Gasteiger partial charge in [-0.1, -0.05) is 18.2 Å². The quantitative estimate of drug-likeness (QED) is 0.844. The largest absolute Gasteiger partial charge is 0.338 e. The predicted molar refractivity (Wildman–Crippen MR) is 79.9 cm³/mol. The second-order valence-corrected chi connectivity index (χ2v) is 5.08. The number of pyridine rings is 1. The Labute approximate surface area is 117 Å². The number of hydrogen-bond acceptors (Lipinski definition) is 3. The molecule has 4 nitrogen and oxygen atoms in total. The SMILES string of the molecule is NC1CCN(C(=O)/C=C/c2ccnc3ccccc23)C1. The summed E-state index contributed by atoms with van der Waals surface area (Å²) in [7, 11) is 0. The van der Waals surface area contributed by atoms with Crippen molar-refractivity contribution in [3.05, 3.63) is 48.2 Å². The molecule has 1 atom stereocenters. The van der Waals surface area contributed by atoms with E-state index in [9.17, 15) is 4.79 Å². The number of amides is 1. The van der Waals surface area contributed by atoms with Gasteiger partial charge in [0.05, 0.1) is 5.52 Å². The van der Waals surface area contributed by atoms with Crippen molar-refractivity contribution in [2.75, 3.05) is 13.1 Å². The van der Waals surface area contributed by atoms with E-state index in [2.05, 4.69) is 4.98 Å². The normalized spacial score (nSPS) is 19.1. The Morgan fingerprint density at radius 2 is 2.20 bits per heavy atom. The fourth-order valence-corrected chi connectivity index (χ4v) is 2.52. The van der Waals surface area contributed by atoms with Crippen LogP contribution in [0.3, 0.4) is 0 Å². The molecule has 1 aromatic carbocycles. The Balaban J connectivity index is 1.82. The minimum Gasteiger partial charge on any atom is -0.338 e. The molecule has 2 heterocycles. The molecule has 1 aliphatic rings. The predicted octanol–water partition coefficient (Wildman–Crippen LogP) is 1.81. The Morgan fingerprint density at radius 1 is 1.35 bits per heavy atom. The van der Waals surface area contributed by atoms with E-state index in [-0.39, 0.29) is 11.9 Å². The number of para-hydroxylation sites is 1. The highest BCUT2D eigenvalue weighted by atomic mass is 16.2. The van der Waals surface area contributed by atoms with E-state index in [4.69, 9.17) is 5.73 Å². The lowest BCUT2D eigenvalue weighted by Gasteiger charge is -2.12. The summed E-state index contributed by atoms with van der Waals surface area (Å²) >= 11 is 0. The molecule has 2 N–H and O–H groups in total. The maximum atomic E-state index is 12.1. The van der Waals surface area contributed by atoms with Crippen molar-refractivity contribution < 1.29 is 4.79 Å². The molecule has 2 aromatic rings. The van der Waals surface area contributed by atoms with Gasteiger partial charge >= 0.3 is 0 Å². The Bertz CT molecular complexity index is 660. The van der Waals surface area contributed by atoms with Crippen LogP contribution in [0.1, 0.15) is 12.0 Å². The van der Waals surface area contributed by atoms with Crippen LogP contribution in [0.2, 0.25) is 0 Å². The van der Waals surface area contributed by atoms with Crippen LogP contribution in [0, 0.1) is 0 Å². The van der Waals surface area contributed by atoms with E-state index in [1.165, 1.54) is 0 Å². The highest BCUT2D eigenvalue weighted by molar-refractivity contribution is 5.95. The molecule has 4 heteroatoms. The number of fused-ring (bicyclic) bond motifs is 1. The third-order valence-corrected chi connectivity index (χ3v) is 3.62. The number of nitrogens with zero attached hydrogens (tertiary/aromatic N) is 2. The van der Waals surface area contributed by atoms with Crippen molar-refractivity contribution in [2.45, 2.75) is 12.5 Å². The van der Waals surface area contributed by atoms with Crippen molar-refractivity contribution in [1.29, 1.82) is 0 Å². The molecule has 1 amide bonds. The van der Waals surface area contributed by atoms with E-state index in [0.717, 1.165) is 29.4 Å². The standard InChI is InChI=1S/C16H17N3O/c17-13-8-10-19(11-13)16(20)6-5-12-7-9-18-15-4-2-1-3-14(12)15/h1-7,9,13H,8,10-11,17H2/b6-5+. The van der Waals surface area contributed by atoms with E-state index >= 15 is 0 Å². The fraction of sp³-hybridized carbons (Fsp3) is 0.250. The minimum atomic E-state index is 0.0267. The zero-order valence-electron chi connectivity index (χ0n) is 11.2. The van der Waals surface area contributed by atoms with Crippen molar-refractivity contribution in [3.8, 4) is 0 Å². The van der Waals surface area contributed by atoms with Crippen LogP contribution < -0.4 is 5.73 Å². The molecule has 0 aliphatic carbocycles. The van der Waals surface area contributed by atoms with Gasteiger partial charge in [0.15, 0.2) is 0 Å². The summed E-state index contributed by atoms with van der Waals surface area (Å²) in [5.41, 5.74) is 7.76. The molecule has 1 saturated heterocycles. The molecule has 0 bridgehead atoms. The topological polar surface area (TPSA) is 59.2 Å². The van der Waals surface area contributed by atoms with Crippen molar-refractivity contribution in [2.24, 2.45) is 5.73 Å². The number of carbonyl (C=O) groups is 1. The van der Waals surface area contributed by atoms with Gasteiger partial charge in [-0.25, -0.2) is 0 Å². The lowest BCUT2D eigenvalue weighted by molar-refractivity contribution is -0.124. The van der Waals surface area contributed by atoms with E-state index < -0.39 is 0 Å². The number of benzene rings is 1. The van der Waals surface area contributed by atoms with Crippen molar-refractivity contribution in [3.63, 3.8) is 0 Å². The Kier molecular flexibility index (Phi) is 3.48. The summed E-state index contributed by atoms with van der Waals surface area (Å²) in [5, 5.41) is 1.05. The first kappa shape index (κ1) is 12.8. The monoisotopic (exact) mass is 267 g/mol. The Hall–Kier alpha value is -2.20. The number of carbonyl (C=O) groups excluding carboxylic acids is 1. The van der Waals surface area contributed by atoms with Gasteiger partial charge < -0.3 is 10.6 Å². The average molecular weight is 267 g/mol. The van der Waals surface area contributed by atoms with Gasteiger partial charge in [0.1, 0.15) is 0 Å². The Morgan fingerprint density at radius 3 is 3.00 bits per heavy atom. The van der Waals surface area contributed by atoms with Crippen LogP contribution in [0.4, 0.5) is 0 Å². The third kappa shape index (κ3) is 2.56. The molecule has 1 aromatic heterocycles. The maximum Gasteiger partial charge on any atom is 0.246 e. The van der Waals surface area contributed by atoms with Crippen LogP contribution in [0.5, 0.6) is 0 Å². The lowest BCUT2D eigenvalue weighted by atomic mass is 10.1. The van der Waals surface area contributed by atoms with Crippen LogP contribution in [-0.4, -0.2) is 34.9 Å². The molecule has 1 fully saturated rings. The summed E-state index contributed by atoms with van der Waals surface area (Å²) in [4.78, 5) is 18.2. The number of rotatable bonds is 2. The average Bonchev–Trinajstić information content (AvgIpc) is 2.91. The molecule has 0 spiro atoms. The van der Waals surface area contributed by atoms with Crippen LogP contribution in [0.15, 0.2) is 42.6 Å². The van der Waals surface area contributed by atoms with Gasteiger partial charge in [-0.05, 0) is 30.2 Å². The molecule has 1 unspecified atom stereocenters.